The number of likely N-dealkylation sites (tertiary alicyclic amines) is 2. The van der Waals surface area contributed by atoms with Gasteiger partial charge in [0, 0.05) is 45.0 Å². The lowest BCUT2D eigenvalue weighted by Gasteiger charge is -2.42. The largest absolute Gasteiger partial charge is 0.394 e. The van der Waals surface area contributed by atoms with E-state index in [0.717, 1.165) is 13.1 Å². The van der Waals surface area contributed by atoms with Crippen molar-refractivity contribution in [2.75, 3.05) is 52.5 Å². The summed E-state index contributed by atoms with van der Waals surface area (Å²) in [6, 6.07) is 13.6. The molecule has 0 radical (unpaired) electrons. The van der Waals surface area contributed by atoms with Gasteiger partial charge in [-0.1, -0.05) is 30.3 Å². The number of piperidine rings is 1. The Morgan fingerprint density at radius 1 is 1.14 bits per heavy atom. The Labute approximate surface area is 211 Å². The molecule has 1 spiro atoms. The summed E-state index contributed by atoms with van der Waals surface area (Å²) in [5.74, 6) is -0.445. The second-order valence-corrected chi connectivity index (χ2v) is 9.87. The van der Waals surface area contributed by atoms with Crippen LogP contribution >= 0.6 is 0 Å². The quantitative estimate of drug-likeness (QED) is 0.449. The summed E-state index contributed by atoms with van der Waals surface area (Å²) in [4.78, 5) is 45.5. The fourth-order valence-corrected chi connectivity index (χ4v) is 5.50. The van der Waals surface area contributed by atoms with Crippen molar-refractivity contribution in [3.63, 3.8) is 0 Å². The maximum atomic E-state index is 13.3. The summed E-state index contributed by atoms with van der Waals surface area (Å²) < 4.78 is 5.29. The van der Waals surface area contributed by atoms with Gasteiger partial charge in [0.25, 0.3) is 11.5 Å². The van der Waals surface area contributed by atoms with Crippen molar-refractivity contribution in [3.05, 3.63) is 69.6 Å². The molecule has 0 saturated carbocycles. The fraction of sp³-hybridized carbons (Fsp3) is 0.519. The Bertz CT molecular complexity index is 1090. The maximum absolute atomic E-state index is 13.3. The molecule has 1 atom stereocenters. The molecule has 3 N–H and O–H groups in total. The molecule has 36 heavy (non-hydrogen) atoms. The lowest BCUT2D eigenvalue weighted by Crippen LogP contribution is -2.50. The van der Waals surface area contributed by atoms with Crippen LogP contribution < -0.4 is 10.9 Å². The van der Waals surface area contributed by atoms with Crippen LogP contribution in [0.4, 0.5) is 0 Å². The Kier molecular flexibility index (Phi) is 8.56. The molecule has 2 aliphatic rings. The van der Waals surface area contributed by atoms with E-state index >= 15 is 0 Å². The molecule has 0 bridgehead atoms. The second kappa shape index (κ2) is 11.8. The smallest absolute Gasteiger partial charge is 0.260 e. The number of pyridine rings is 1. The van der Waals surface area contributed by atoms with Gasteiger partial charge in [-0.15, -0.1) is 0 Å². The highest BCUT2D eigenvalue weighted by Gasteiger charge is 2.51. The topological polar surface area (TPSA) is 115 Å². The SMILES string of the molecule is Cc1ccc(C(=O)N2CCC3(CC2)CN(Cc2ccccc2)C[C@@H]3C(=O)NCCOCCO)c(=O)[nH]1. The van der Waals surface area contributed by atoms with Gasteiger partial charge >= 0.3 is 0 Å². The average Bonchev–Trinajstić information content (AvgIpc) is 3.21. The standard InChI is InChI=1S/C27H36N4O5/c1-20-7-8-22(24(33)29-20)26(35)31-12-9-27(10-13-31)19-30(17-21-5-3-2-4-6-21)18-23(27)25(34)28-11-15-36-16-14-32/h2-8,23,32H,9-19H2,1H3,(H,28,34)(H,29,33)/t23-/m1/s1. The second-order valence-electron chi connectivity index (χ2n) is 9.87. The lowest BCUT2D eigenvalue weighted by molar-refractivity contribution is -0.128. The summed E-state index contributed by atoms with van der Waals surface area (Å²) in [5.41, 5.74) is 1.48. The summed E-state index contributed by atoms with van der Waals surface area (Å²) in [7, 11) is 0. The molecule has 4 rings (SSSR count). The van der Waals surface area contributed by atoms with E-state index in [1.807, 2.05) is 18.2 Å². The van der Waals surface area contributed by atoms with Gasteiger partial charge in [-0.25, -0.2) is 0 Å². The Balaban J connectivity index is 1.44. The van der Waals surface area contributed by atoms with Crippen LogP contribution in [0.5, 0.6) is 0 Å². The minimum absolute atomic E-state index is 0.00733. The van der Waals surface area contributed by atoms with Gasteiger partial charge in [0.2, 0.25) is 5.91 Å². The first kappa shape index (κ1) is 26.1. The van der Waals surface area contributed by atoms with Crippen LogP contribution in [-0.2, 0) is 16.1 Å². The monoisotopic (exact) mass is 496 g/mol. The van der Waals surface area contributed by atoms with Gasteiger partial charge < -0.3 is 25.0 Å². The van der Waals surface area contributed by atoms with E-state index < -0.39 is 0 Å². The van der Waals surface area contributed by atoms with E-state index in [9.17, 15) is 14.4 Å². The van der Waals surface area contributed by atoms with Crippen LogP contribution in [0.15, 0.2) is 47.3 Å². The summed E-state index contributed by atoms with van der Waals surface area (Å²) in [6.07, 6.45) is 1.40. The zero-order valence-corrected chi connectivity index (χ0v) is 20.9. The molecule has 2 amide bonds. The van der Waals surface area contributed by atoms with Gasteiger partial charge in [-0.2, -0.15) is 0 Å². The van der Waals surface area contributed by atoms with Crippen LogP contribution in [0.25, 0.3) is 0 Å². The summed E-state index contributed by atoms with van der Waals surface area (Å²) >= 11 is 0. The predicted molar refractivity (Wildman–Crippen MR) is 135 cm³/mol. The number of aliphatic hydroxyl groups is 1. The molecule has 2 saturated heterocycles. The van der Waals surface area contributed by atoms with Crippen molar-refractivity contribution < 1.29 is 19.4 Å². The first-order valence-electron chi connectivity index (χ1n) is 12.6. The first-order chi connectivity index (χ1) is 17.4. The number of aromatic amines is 1. The van der Waals surface area contributed by atoms with Gasteiger partial charge in [0.05, 0.1) is 25.7 Å². The fourth-order valence-electron chi connectivity index (χ4n) is 5.50. The number of hydrogen-bond acceptors (Lipinski definition) is 6. The highest BCUT2D eigenvalue weighted by molar-refractivity contribution is 5.94. The van der Waals surface area contributed by atoms with Gasteiger partial charge in [0.1, 0.15) is 5.56 Å². The van der Waals surface area contributed by atoms with Gasteiger partial charge in [0.15, 0.2) is 0 Å². The molecular weight excluding hydrogens is 460 g/mol. The number of carbonyl (C=O) groups is 2. The van der Waals surface area contributed by atoms with Gasteiger partial charge in [-0.05, 0) is 42.9 Å². The molecule has 9 nitrogen and oxygen atoms in total. The van der Waals surface area contributed by atoms with Crippen LogP contribution in [0.2, 0.25) is 0 Å². The molecule has 2 fully saturated rings. The van der Waals surface area contributed by atoms with Crippen molar-refractivity contribution in [3.8, 4) is 0 Å². The van der Waals surface area contributed by atoms with E-state index in [1.54, 1.807) is 24.0 Å². The minimum Gasteiger partial charge on any atom is -0.394 e. The van der Waals surface area contributed by atoms with Crippen molar-refractivity contribution >= 4 is 11.8 Å². The Morgan fingerprint density at radius 2 is 1.89 bits per heavy atom. The summed E-state index contributed by atoms with van der Waals surface area (Å²) in [5, 5.41) is 11.9. The molecule has 1 aromatic carbocycles. The molecular formula is C27H36N4O5. The molecule has 2 aromatic rings. The number of H-pyrrole nitrogens is 1. The molecule has 9 heteroatoms. The number of aromatic nitrogens is 1. The number of ether oxygens (including phenoxy) is 1. The highest BCUT2D eigenvalue weighted by Crippen LogP contribution is 2.45. The number of amides is 2. The van der Waals surface area contributed by atoms with Crippen molar-refractivity contribution in [1.82, 2.24) is 20.1 Å². The number of aryl methyl sites for hydroxylation is 1. The van der Waals surface area contributed by atoms with Crippen LogP contribution in [0, 0.1) is 18.3 Å². The number of carbonyl (C=O) groups excluding carboxylic acids is 2. The number of nitrogens with zero attached hydrogens (tertiary/aromatic N) is 2. The predicted octanol–water partition coefficient (Wildman–Crippen LogP) is 1.16. The van der Waals surface area contributed by atoms with E-state index in [1.165, 1.54) is 5.56 Å². The minimum atomic E-state index is -0.365. The zero-order chi connectivity index (χ0) is 25.5. The number of nitrogens with one attached hydrogen (secondary N) is 2. The molecule has 0 aliphatic carbocycles. The molecule has 0 unspecified atom stereocenters. The summed E-state index contributed by atoms with van der Waals surface area (Å²) in [6.45, 7) is 5.97. The lowest BCUT2D eigenvalue weighted by atomic mass is 9.70. The van der Waals surface area contributed by atoms with Crippen LogP contribution in [0.3, 0.4) is 0 Å². The van der Waals surface area contributed by atoms with Crippen molar-refractivity contribution in [1.29, 1.82) is 0 Å². The number of aliphatic hydroxyl groups excluding tert-OH is 1. The molecule has 3 heterocycles. The number of hydrogen-bond donors (Lipinski definition) is 3. The third kappa shape index (κ3) is 6.03. The Morgan fingerprint density at radius 3 is 2.58 bits per heavy atom. The van der Waals surface area contributed by atoms with E-state index in [4.69, 9.17) is 9.84 Å². The van der Waals surface area contributed by atoms with Crippen LogP contribution in [0.1, 0.15) is 34.5 Å². The van der Waals surface area contributed by atoms with E-state index in [2.05, 4.69) is 27.3 Å². The third-order valence-corrected chi connectivity index (χ3v) is 7.40. The zero-order valence-electron chi connectivity index (χ0n) is 20.9. The van der Waals surface area contributed by atoms with E-state index in [0.29, 0.717) is 51.3 Å². The van der Waals surface area contributed by atoms with Crippen molar-refractivity contribution in [2.45, 2.75) is 26.3 Å². The Hall–Kier alpha value is -3.01. The number of rotatable bonds is 9. The number of benzene rings is 1. The molecule has 1 aromatic heterocycles. The molecule has 194 valence electrons. The normalized spacial score (nSPS) is 19.5. The van der Waals surface area contributed by atoms with Crippen molar-refractivity contribution in [2.24, 2.45) is 11.3 Å². The first-order valence-corrected chi connectivity index (χ1v) is 12.6. The average molecular weight is 497 g/mol. The van der Waals surface area contributed by atoms with Crippen LogP contribution in [-0.4, -0.2) is 84.2 Å². The highest BCUT2D eigenvalue weighted by atomic mass is 16.5. The third-order valence-electron chi connectivity index (χ3n) is 7.40. The molecule has 2 aliphatic heterocycles. The van der Waals surface area contributed by atoms with E-state index in [-0.39, 0.29) is 47.5 Å². The maximum Gasteiger partial charge on any atom is 0.260 e. The van der Waals surface area contributed by atoms with Gasteiger partial charge in [-0.3, -0.25) is 19.3 Å².